The first-order chi connectivity index (χ1) is 16.3. The number of sulfonamides is 1. The summed E-state index contributed by atoms with van der Waals surface area (Å²) in [7, 11) is -4.17. The van der Waals surface area contributed by atoms with Gasteiger partial charge >= 0.3 is 5.97 Å². The van der Waals surface area contributed by atoms with Crippen LogP contribution in [0, 0.1) is 11.3 Å². The summed E-state index contributed by atoms with van der Waals surface area (Å²) in [5.41, 5.74) is 1.82. The average molecular weight is 499 g/mol. The fourth-order valence-electron chi connectivity index (χ4n) is 3.17. The standard InChI is InChI=1S/C25H23ClN2O5S/c1-2-32-25(29)18-28(34(30,31)24-9-4-3-8-23(24)26)21-6-5-7-22(16-21)33-15-14-19-10-12-20(17-27)13-11-19/h3-13,16H,2,14-15,18H2,1H3. The summed E-state index contributed by atoms with van der Waals surface area (Å²) < 4.78 is 38.6. The summed E-state index contributed by atoms with van der Waals surface area (Å²) in [5.74, 6) is -0.250. The van der Waals surface area contributed by atoms with Crippen molar-refractivity contribution in [3.05, 3.63) is 88.9 Å². The Morgan fingerprint density at radius 3 is 2.47 bits per heavy atom. The third-order valence-corrected chi connectivity index (χ3v) is 7.10. The number of hydrogen-bond donors (Lipinski definition) is 0. The Balaban J connectivity index is 1.83. The lowest BCUT2D eigenvalue weighted by molar-refractivity contribution is -0.141. The van der Waals surface area contributed by atoms with Crippen molar-refractivity contribution in [1.29, 1.82) is 5.26 Å². The van der Waals surface area contributed by atoms with Crippen LogP contribution in [0.4, 0.5) is 5.69 Å². The van der Waals surface area contributed by atoms with Crippen molar-refractivity contribution in [2.75, 3.05) is 24.1 Å². The Labute approximate surface area is 204 Å². The number of esters is 1. The maximum atomic E-state index is 13.4. The van der Waals surface area contributed by atoms with Gasteiger partial charge in [-0.15, -0.1) is 0 Å². The van der Waals surface area contributed by atoms with E-state index < -0.39 is 22.5 Å². The SMILES string of the molecule is CCOC(=O)CN(c1cccc(OCCc2ccc(C#N)cc2)c1)S(=O)(=O)c1ccccc1Cl. The number of halogens is 1. The van der Waals surface area contributed by atoms with Gasteiger partial charge in [-0.25, -0.2) is 8.42 Å². The van der Waals surface area contributed by atoms with E-state index in [0.717, 1.165) is 9.87 Å². The van der Waals surface area contributed by atoms with Crippen molar-refractivity contribution in [3.63, 3.8) is 0 Å². The first-order valence-electron chi connectivity index (χ1n) is 10.5. The molecule has 0 aliphatic rings. The molecule has 0 bridgehead atoms. The molecular weight excluding hydrogens is 476 g/mol. The Morgan fingerprint density at radius 2 is 1.79 bits per heavy atom. The van der Waals surface area contributed by atoms with Crippen LogP contribution in [0.1, 0.15) is 18.1 Å². The van der Waals surface area contributed by atoms with Crippen LogP contribution in [0.25, 0.3) is 0 Å². The Bertz CT molecular complexity index is 1290. The number of nitriles is 1. The smallest absolute Gasteiger partial charge is 0.326 e. The van der Waals surface area contributed by atoms with Gasteiger partial charge in [0.1, 0.15) is 17.2 Å². The zero-order valence-corrected chi connectivity index (χ0v) is 20.1. The highest BCUT2D eigenvalue weighted by Gasteiger charge is 2.29. The van der Waals surface area contributed by atoms with Gasteiger partial charge in [0.2, 0.25) is 0 Å². The number of rotatable bonds is 10. The molecule has 0 spiro atoms. The van der Waals surface area contributed by atoms with Crippen LogP contribution in [0.5, 0.6) is 5.75 Å². The van der Waals surface area contributed by atoms with E-state index in [1.807, 2.05) is 12.1 Å². The summed E-state index contributed by atoms with van der Waals surface area (Å²) in [4.78, 5) is 12.1. The second-order valence-electron chi connectivity index (χ2n) is 7.15. The van der Waals surface area contributed by atoms with E-state index in [1.54, 1.807) is 55.5 Å². The first-order valence-corrected chi connectivity index (χ1v) is 12.3. The highest BCUT2D eigenvalue weighted by molar-refractivity contribution is 7.93. The second-order valence-corrected chi connectivity index (χ2v) is 9.39. The Hall–Kier alpha value is -3.54. The summed E-state index contributed by atoms with van der Waals surface area (Å²) in [6.07, 6.45) is 0.598. The normalized spacial score (nSPS) is 10.9. The summed E-state index contributed by atoms with van der Waals surface area (Å²) in [5, 5.41) is 8.94. The van der Waals surface area contributed by atoms with E-state index in [9.17, 15) is 13.2 Å². The van der Waals surface area contributed by atoms with Gasteiger partial charge in [0.25, 0.3) is 10.0 Å². The third kappa shape index (κ3) is 6.28. The van der Waals surface area contributed by atoms with Gasteiger partial charge < -0.3 is 9.47 Å². The molecule has 7 nitrogen and oxygen atoms in total. The van der Waals surface area contributed by atoms with E-state index in [2.05, 4.69) is 6.07 Å². The molecule has 0 unspecified atom stereocenters. The number of benzene rings is 3. The molecule has 0 aliphatic heterocycles. The highest BCUT2D eigenvalue weighted by atomic mass is 35.5. The number of carbonyl (C=O) groups is 1. The molecule has 0 saturated heterocycles. The molecular formula is C25H23ClN2O5S. The Kier molecular flexibility index (Phi) is 8.52. The number of carbonyl (C=O) groups excluding carboxylic acids is 1. The van der Waals surface area contributed by atoms with Crippen LogP contribution >= 0.6 is 11.6 Å². The minimum absolute atomic E-state index is 0.0474. The molecule has 0 radical (unpaired) electrons. The van der Waals surface area contributed by atoms with E-state index in [-0.39, 0.29) is 22.2 Å². The molecule has 0 amide bonds. The van der Waals surface area contributed by atoms with Gasteiger partial charge in [-0.2, -0.15) is 5.26 Å². The third-order valence-electron chi connectivity index (χ3n) is 4.83. The van der Waals surface area contributed by atoms with Crippen molar-refractivity contribution in [1.82, 2.24) is 0 Å². The van der Waals surface area contributed by atoms with Gasteiger partial charge in [0.05, 0.1) is 35.6 Å². The van der Waals surface area contributed by atoms with E-state index >= 15 is 0 Å². The molecule has 9 heteroatoms. The molecule has 3 rings (SSSR count). The Morgan fingerprint density at radius 1 is 1.06 bits per heavy atom. The topological polar surface area (TPSA) is 96.7 Å². The van der Waals surface area contributed by atoms with Gasteiger partial charge in [0.15, 0.2) is 0 Å². The molecule has 0 N–H and O–H groups in total. The predicted octanol–water partition coefficient (Wildman–Crippen LogP) is 4.59. The second kappa shape index (κ2) is 11.5. The van der Waals surface area contributed by atoms with Crippen LogP contribution in [0.15, 0.2) is 77.7 Å². The van der Waals surface area contributed by atoms with Crippen LogP contribution in [-0.4, -0.2) is 34.1 Å². The fraction of sp³-hybridized carbons (Fsp3) is 0.200. The maximum absolute atomic E-state index is 13.4. The van der Waals surface area contributed by atoms with Crippen molar-refractivity contribution < 1.29 is 22.7 Å². The number of nitrogens with zero attached hydrogens (tertiary/aromatic N) is 2. The maximum Gasteiger partial charge on any atom is 0.326 e. The van der Waals surface area contributed by atoms with Crippen molar-refractivity contribution in [3.8, 4) is 11.8 Å². The predicted molar refractivity (Wildman–Crippen MR) is 129 cm³/mol. The largest absolute Gasteiger partial charge is 0.493 e. The van der Waals surface area contributed by atoms with Crippen molar-refractivity contribution in [2.24, 2.45) is 0 Å². The average Bonchev–Trinajstić information content (AvgIpc) is 2.83. The fourth-order valence-corrected chi connectivity index (χ4v) is 5.07. The van der Waals surface area contributed by atoms with E-state index in [4.69, 9.17) is 26.3 Å². The molecule has 0 atom stereocenters. The van der Waals surface area contributed by atoms with Crippen molar-refractivity contribution in [2.45, 2.75) is 18.2 Å². The van der Waals surface area contributed by atoms with E-state index in [0.29, 0.717) is 24.3 Å². The van der Waals surface area contributed by atoms with Crippen LogP contribution < -0.4 is 9.04 Å². The molecule has 34 heavy (non-hydrogen) atoms. The zero-order chi connectivity index (χ0) is 24.6. The van der Waals surface area contributed by atoms with Gasteiger partial charge in [-0.1, -0.05) is 41.9 Å². The lowest BCUT2D eigenvalue weighted by Gasteiger charge is -2.24. The number of hydrogen-bond acceptors (Lipinski definition) is 6. The van der Waals surface area contributed by atoms with Crippen LogP contribution in [-0.2, 0) is 26.0 Å². The first kappa shape index (κ1) is 25.1. The summed E-state index contributed by atoms with van der Waals surface area (Å²) >= 11 is 6.15. The molecule has 3 aromatic carbocycles. The minimum atomic E-state index is -4.17. The van der Waals surface area contributed by atoms with Crippen molar-refractivity contribution >= 4 is 33.3 Å². The minimum Gasteiger partial charge on any atom is -0.493 e. The zero-order valence-electron chi connectivity index (χ0n) is 18.5. The van der Waals surface area contributed by atoms with E-state index in [1.165, 1.54) is 12.1 Å². The lowest BCUT2D eigenvalue weighted by Crippen LogP contribution is -2.36. The van der Waals surface area contributed by atoms with Gasteiger partial charge in [-0.3, -0.25) is 9.10 Å². The molecule has 0 saturated carbocycles. The summed E-state index contributed by atoms with van der Waals surface area (Å²) in [6, 6.07) is 21.8. The summed E-state index contributed by atoms with van der Waals surface area (Å²) in [6.45, 7) is 1.59. The molecule has 0 heterocycles. The molecule has 0 aliphatic carbocycles. The molecule has 176 valence electrons. The van der Waals surface area contributed by atoms with Gasteiger partial charge in [0, 0.05) is 12.5 Å². The monoisotopic (exact) mass is 498 g/mol. The van der Waals surface area contributed by atoms with Gasteiger partial charge in [-0.05, 0) is 48.9 Å². The number of ether oxygens (including phenoxy) is 2. The quantitative estimate of drug-likeness (QED) is 0.379. The van der Waals surface area contributed by atoms with Crippen LogP contribution in [0.2, 0.25) is 5.02 Å². The molecule has 0 fully saturated rings. The lowest BCUT2D eigenvalue weighted by atomic mass is 10.1. The van der Waals surface area contributed by atoms with Crippen LogP contribution in [0.3, 0.4) is 0 Å². The molecule has 3 aromatic rings. The number of anilines is 1. The highest BCUT2D eigenvalue weighted by Crippen LogP contribution is 2.30. The molecule has 0 aromatic heterocycles.